The van der Waals surface area contributed by atoms with Crippen LogP contribution >= 0.6 is 11.6 Å². The molecule has 0 spiro atoms. The zero-order valence-corrected chi connectivity index (χ0v) is 8.85. The molecule has 1 aromatic rings. The van der Waals surface area contributed by atoms with Crippen molar-refractivity contribution in [1.82, 2.24) is 0 Å². The quantitative estimate of drug-likeness (QED) is 0.797. The zero-order chi connectivity index (χ0) is 10.6. The summed E-state index contributed by atoms with van der Waals surface area (Å²) in [6.45, 7) is 0. The van der Waals surface area contributed by atoms with Crippen LogP contribution < -0.4 is 0 Å². The van der Waals surface area contributed by atoms with Crippen LogP contribution in [0, 0.1) is 11.3 Å². The zero-order valence-electron chi connectivity index (χ0n) is 7.27. The number of nitriles is 1. The van der Waals surface area contributed by atoms with Gasteiger partial charge in [0.15, 0.2) is 9.84 Å². The highest BCUT2D eigenvalue weighted by atomic mass is 35.5. The van der Waals surface area contributed by atoms with Crippen LogP contribution in [0.5, 0.6) is 0 Å². The van der Waals surface area contributed by atoms with E-state index in [0.29, 0.717) is 5.02 Å². The van der Waals surface area contributed by atoms with Gasteiger partial charge in [-0.1, -0.05) is 17.7 Å². The Kier molecular flexibility index (Phi) is 3.50. The Morgan fingerprint density at radius 3 is 2.71 bits per heavy atom. The molecule has 0 heterocycles. The van der Waals surface area contributed by atoms with Crippen molar-refractivity contribution < 1.29 is 8.42 Å². The lowest BCUT2D eigenvalue weighted by molar-refractivity contribution is 0.596. The summed E-state index contributed by atoms with van der Waals surface area (Å²) in [6.07, 6.45) is -0.00511. The first-order valence-electron chi connectivity index (χ1n) is 3.91. The Morgan fingerprint density at radius 2 is 2.14 bits per heavy atom. The van der Waals surface area contributed by atoms with Gasteiger partial charge in [-0.2, -0.15) is 5.26 Å². The van der Waals surface area contributed by atoms with Crippen LogP contribution in [0.2, 0.25) is 5.02 Å². The first-order valence-corrected chi connectivity index (χ1v) is 5.94. The van der Waals surface area contributed by atoms with Crippen molar-refractivity contribution in [3.05, 3.63) is 29.3 Å². The Hall–Kier alpha value is -1.05. The summed E-state index contributed by atoms with van der Waals surface area (Å²) in [7, 11) is -3.35. The van der Waals surface area contributed by atoms with E-state index in [1.165, 1.54) is 12.1 Å². The fourth-order valence-electron chi connectivity index (χ4n) is 0.958. The highest BCUT2D eigenvalue weighted by molar-refractivity contribution is 7.91. The molecule has 0 saturated carbocycles. The topological polar surface area (TPSA) is 57.9 Å². The van der Waals surface area contributed by atoms with E-state index in [9.17, 15) is 8.42 Å². The van der Waals surface area contributed by atoms with Crippen molar-refractivity contribution in [2.45, 2.75) is 11.3 Å². The van der Waals surface area contributed by atoms with Crippen molar-refractivity contribution in [1.29, 1.82) is 5.26 Å². The third kappa shape index (κ3) is 2.72. The Bertz CT molecular complexity index is 462. The average molecular weight is 230 g/mol. The lowest BCUT2D eigenvalue weighted by atomic mass is 10.4. The van der Waals surface area contributed by atoms with E-state index >= 15 is 0 Å². The standard InChI is InChI=1S/C9H8ClNO2S/c10-8-3-1-4-9(7-8)14(12,13)6-2-5-11/h1,3-4,7H,2,6H2. The minimum absolute atomic E-state index is 0.00511. The summed E-state index contributed by atoms with van der Waals surface area (Å²) in [6, 6.07) is 7.82. The fraction of sp³-hybridized carbons (Fsp3) is 0.222. The summed E-state index contributed by atoms with van der Waals surface area (Å²) in [5.74, 6) is -0.163. The molecule has 5 heteroatoms. The lowest BCUT2D eigenvalue weighted by Gasteiger charge is -2.01. The monoisotopic (exact) mass is 229 g/mol. The van der Waals surface area contributed by atoms with E-state index in [2.05, 4.69) is 0 Å². The van der Waals surface area contributed by atoms with E-state index in [-0.39, 0.29) is 17.1 Å². The van der Waals surface area contributed by atoms with Gasteiger partial charge in [0.25, 0.3) is 0 Å². The van der Waals surface area contributed by atoms with Gasteiger partial charge in [-0.15, -0.1) is 0 Å². The average Bonchev–Trinajstić information content (AvgIpc) is 2.15. The third-order valence-corrected chi connectivity index (χ3v) is 3.59. The molecule has 0 aliphatic carbocycles. The molecule has 3 nitrogen and oxygen atoms in total. The second-order valence-corrected chi connectivity index (χ2v) is 5.23. The Morgan fingerprint density at radius 1 is 1.43 bits per heavy atom. The molecule has 0 radical (unpaired) electrons. The molecule has 0 aliphatic rings. The molecule has 0 aromatic heterocycles. The maximum absolute atomic E-state index is 11.5. The summed E-state index contributed by atoms with van der Waals surface area (Å²) in [5, 5.41) is 8.67. The molecule has 1 rings (SSSR count). The number of hydrogen-bond acceptors (Lipinski definition) is 3. The number of halogens is 1. The summed E-state index contributed by atoms with van der Waals surface area (Å²) in [5.41, 5.74) is 0. The van der Waals surface area contributed by atoms with Gasteiger partial charge >= 0.3 is 0 Å². The normalized spacial score (nSPS) is 10.9. The van der Waals surface area contributed by atoms with Gasteiger partial charge in [0.05, 0.1) is 16.7 Å². The van der Waals surface area contributed by atoms with Crippen molar-refractivity contribution in [2.75, 3.05) is 5.75 Å². The third-order valence-electron chi connectivity index (χ3n) is 1.64. The molecule has 0 fully saturated rings. The molecule has 14 heavy (non-hydrogen) atoms. The molecule has 0 saturated heterocycles. The number of sulfone groups is 1. The molecule has 0 N–H and O–H groups in total. The molecule has 0 atom stereocenters. The summed E-state index contributed by atoms with van der Waals surface area (Å²) in [4.78, 5) is 0.167. The first-order chi connectivity index (χ1) is 6.56. The number of rotatable bonds is 3. The summed E-state index contributed by atoms with van der Waals surface area (Å²) >= 11 is 5.66. The molecule has 0 unspecified atom stereocenters. The lowest BCUT2D eigenvalue weighted by Crippen LogP contribution is -2.05. The van der Waals surface area contributed by atoms with Crippen molar-refractivity contribution in [3.63, 3.8) is 0 Å². The van der Waals surface area contributed by atoms with E-state index < -0.39 is 9.84 Å². The largest absolute Gasteiger partial charge is 0.224 e. The Balaban J connectivity index is 3.00. The second-order valence-electron chi connectivity index (χ2n) is 2.68. The smallest absolute Gasteiger partial charge is 0.179 e. The van der Waals surface area contributed by atoms with Gasteiger partial charge in [0, 0.05) is 11.4 Å². The number of nitrogens with zero attached hydrogens (tertiary/aromatic N) is 1. The van der Waals surface area contributed by atoms with Gasteiger partial charge in [-0.3, -0.25) is 0 Å². The molecule has 0 amide bonds. The van der Waals surface area contributed by atoms with Gasteiger partial charge in [0.2, 0.25) is 0 Å². The minimum Gasteiger partial charge on any atom is -0.224 e. The van der Waals surface area contributed by atoms with Gasteiger partial charge in [-0.25, -0.2) is 8.42 Å². The number of hydrogen-bond donors (Lipinski definition) is 0. The van der Waals surface area contributed by atoms with Crippen LogP contribution in [0.15, 0.2) is 29.2 Å². The predicted octanol–water partition coefficient (Wildman–Crippen LogP) is 2.03. The molecule has 74 valence electrons. The predicted molar refractivity (Wildman–Crippen MR) is 53.7 cm³/mol. The van der Waals surface area contributed by atoms with Crippen LogP contribution in [0.25, 0.3) is 0 Å². The molecule has 0 bridgehead atoms. The maximum atomic E-state index is 11.5. The van der Waals surface area contributed by atoms with E-state index in [1.807, 2.05) is 0 Å². The van der Waals surface area contributed by atoms with Crippen LogP contribution in [0.1, 0.15) is 6.42 Å². The maximum Gasteiger partial charge on any atom is 0.179 e. The fourth-order valence-corrected chi connectivity index (χ4v) is 2.40. The van der Waals surface area contributed by atoms with Crippen molar-refractivity contribution in [3.8, 4) is 6.07 Å². The van der Waals surface area contributed by atoms with E-state index in [0.717, 1.165) is 0 Å². The van der Waals surface area contributed by atoms with Gasteiger partial charge < -0.3 is 0 Å². The van der Waals surface area contributed by atoms with Crippen LogP contribution in [-0.4, -0.2) is 14.2 Å². The SMILES string of the molecule is N#CCCS(=O)(=O)c1cccc(Cl)c1. The van der Waals surface area contributed by atoms with Crippen molar-refractivity contribution >= 4 is 21.4 Å². The van der Waals surface area contributed by atoms with Crippen molar-refractivity contribution in [2.24, 2.45) is 0 Å². The van der Waals surface area contributed by atoms with E-state index in [1.54, 1.807) is 18.2 Å². The highest BCUT2D eigenvalue weighted by Gasteiger charge is 2.13. The van der Waals surface area contributed by atoms with Crippen LogP contribution in [-0.2, 0) is 9.84 Å². The molecular weight excluding hydrogens is 222 g/mol. The summed E-state index contributed by atoms with van der Waals surface area (Å²) < 4.78 is 23.1. The molecule has 0 aliphatic heterocycles. The van der Waals surface area contributed by atoms with Crippen LogP contribution in [0.4, 0.5) is 0 Å². The number of benzene rings is 1. The first kappa shape index (κ1) is 11.0. The molecule has 1 aromatic carbocycles. The minimum atomic E-state index is -3.35. The van der Waals surface area contributed by atoms with Gasteiger partial charge in [0.1, 0.15) is 0 Å². The van der Waals surface area contributed by atoms with Gasteiger partial charge in [-0.05, 0) is 18.2 Å². The van der Waals surface area contributed by atoms with Crippen LogP contribution in [0.3, 0.4) is 0 Å². The second kappa shape index (κ2) is 4.45. The highest BCUT2D eigenvalue weighted by Crippen LogP contribution is 2.16. The molecular formula is C9H8ClNO2S. The van der Waals surface area contributed by atoms with E-state index in [4.69, 9.17) is 16.9 Å². The Labute approximate surface area is 87.8 Å².